The van der Waals surface area contributed by atoms with Gasteiger partial charge in [-0.25, -0.2) is 0 Å². The summed E-state index contributed by atoms with van der Waals surface area (Å²) >= 11 is 0. The molecule has 1 heterocycles. The third-order valence-corrected chi connectivity index (χ3v) is 4.79. The molecule has 1 amide bonds. The first-order valence-corrected chi connectivity index (χ1v) is 9.38. The highest BCUT2D eigenvalue weighted by atomic mass is 16.5. The van der Waals surface area contributed by atoms with Crippen molar-refractivity contribution in [1.82, 2.24) is 4.90 Å². The molecule has 1 aliphatic rings. The van der Waals surface area contributed by atoms with Crippen molar-refractivity contribution < 1.29 is 14.3 Å². The number of benzene rings is 2. The van der Waals surface area contributed by atoms with Crippen molar-refractivity contribution >= 4 is 11.6 Å². The molecule has 27 heavy (non-hydrogen) atoms. The third-order valence-electron chi connectivity index (χ3n) is 4.79. The fraction of sp³-hybridized carbons (Fsp3) is 0.409. The summed E-state index contributed by atoms with van der Waals surface area (Å²) < 4.78 is 11.3. The van der Waals surface area contributed by atoms with Gasteiger partial charge in [-0.2, -0.15) is 0 Å². The molecular weight excluding hydrogens is 340 g/mol. The lowest BCUT2D eigenvalue weighted by molar-refractivity contribution is -0.128. The van der Waals surface area contributed by atoms with Gasteiger partial charge in [0.05, 0.1) is 25.0 Å². The number of rotatable bonds is 5. The van der Waals surface area contributed by atoms with Crippen LogP contribution in [-0.4, -0.2) is 43.2 Å². The molecule has 1 fully saturated rings. The molecule has 1 N–H and O–H groups in total. The molecule has 0 aliphatic carbocycles. The van der Waals surface area contributed by atoms with E-state index in [-0.39, 0.29) is 24.2 Å². The number of nitrogens with zero attached hydrogens (tertiary/aromatic N) is 1. The van der Waals surface area contributed by atoms with Crippen molar-refractivity contribution in [1.29, 1.82) is 0 Å². The molecule has 0 radical (unpaired) electrons. The lowest BCUT2D eigenvalue weighted by atomic mass is 10.0. The minimum atomic E-state index is -0.384. The lowest BCUT2D eigenvalue weighted by Crippen LogP contribution is -2.49. The Bertz CT molecular complexity index is 768. The van der Waals surface area contributed by atoms with Gasteiger partial charge in [0.15, 0.2) is 0 Å². The summed E-state index contributed by atoms with van der Waals surface area (Å²) in [5, 5.41) is 3.08. The molecule has 0 bridgehead atoms. The Hall–Kier alpha value is -2.37. The Kier molecular flexibility index (Phi) is 6.14. The van der Waals surface area contributed by atoms with Gasteiger partial charge in [0, 0.05) is 13.1 Å². The fourth-order valence-electron chi connectivity index (χ4n) is 3.71. The van der Waals surface area contributed by atoms with Crippen LogP contribution in [0.2, 0.25) is 0 Å². The maximum absolute atomic E-state index is 13.4. The smallest absolute Gasteiger partial charge is 0.246 e. The Morgan fingerprint density at radius 2 is 1.81 bits per heavy atom. The first kappa shape index (κ1) is 19.4. The van der Waals surface area contributed by atoms with Gasteiger partial charge in [-0.1, -0.05) is 36.4 Å². The van der Waals surface area contributed by atoms with E-state index in [2.05, 4.69) is 10.2 Å². The number of aryl methyl sites for hydroxylation is 1. The van der Waals surface area contributed by atoms with E-state index in [1.165, 1.54) is 0 Å². The van der Waals surface area contributed by atoms with Crippen molar-refractivity contribution in [3.63, 3.8) is 0 Å². The van der Waals surface area contributed by atoms with E-state index in [9.17, 15) is 4.79 Å². The van der Waals surface area contributed by atoms with Crippen LogP contribution in [0.15, 0.2) is 48.5 Å². The Morgan fingerprint density at radius 3 is 2.44 bits per heavy atom. The minimum Gasteiger partial charge on any atom is -0.495 e. The standard InChI is InChI=1S/C22H28N2O3/c1-15-10-11-20(26-4)19(12-15)23-22(25)21(18-8-6-5-7-9-18)24-13-16(2)27-17(3)14-24/h5-12,16-17,21H,13-14H2,1-4H3,(H,23,25)/t16-,17-,21-/m0/s1. The summed E-state index contributed by atoms with van der Waals surface area (Å²) in [6.45, 7) is 7.51. The van der Waals surface area contributed by atoms with Gasteiger partial charge >= 0.3 is 0 Å². The minimum absolute atomic E-state index is 0.0635. The van der Waals surface area contributed by atoms with Gasteiger partial charge in [-0.15, -0.1) is 0 Å². The van der Waals surface area contributed by atoms with E-state index in [0.29, 0.717) is 24.5 Å². The molecule has 0 spiro atoms. The van der Waals surface area contributed by atoms with Gasteiger partial charge in [-0.05, 0) is 44.0 Å². The van der Waals surface area contributed by atoms with Gasteiger partial charge in [0.1, 0.15) is 11.8 Å². The number of amides is 1. The molecule has 2 aromatic carbocycles. The summed E-state index contributed by atoms with van der Waals surface area (Å²) in [5.41, 5.74) is 2.73. The topological polar surface area (TPSA) is 50.8 Å². The normalized spacial score (nSPS) is 21.5. The zero-order chi connectivity index (χ0) is 19.4. The number of carbonyl (C=O) groups excluding carboxylic acids is 1. The second kappa shape index (κ2) is 8.55. The van der Waals surface area contributed by atoms with E-state index in [1.807, 2.05) is 69.3 Å². The zero-order valence-electron chi connectivity index (χ0n) is 16.4. The second-order valence-electron chi connectivity index (χ2n) is 7.22. The monoisotopic (exact) mass is 368 g/mol. The van der Waals surface area contributed by atoms with Crippen LogP contribution in [0.4, 0.5) is 5.69 Å². The van der Waals surface area contributed by atoms with Crippen LogP contribution in [0.25, 0.3) is 0 Å². The number of ether oxygens (including phenoxy) is 2. The van der Waals surface area contributed by atoms with Crippen LogP contribution >= 0.6 is 0 Å². The highest BCUT2D eigenvalue weighted by Gasteiger charge is 2.33. The number of anilines is 1. The average molecular weight is 368 g/mol. The van der Waals surface area contributed by atoms with E-state index >= 15 is 0 Å². The number of carbonyl (C=O) groups is 1. The molecule has 0 unspecified atom stereocenters. The van der Waals surface area contributed by atoms with Crippen molar-refractivity contribution in [3.05, 3.63) is 59.7 Å². The molecule has 1 aliphatic heterocycles. The van der Waals surface area contributed by atoms with Crippen LogP contribution < -0.4 is 10.1 Å². The van der Waals surface area contributed by atoms with E-state index in [0.717, 1.165) is 11.1 Å². The summed E-state index contributed by atoms with van der Waals surface area (Å²) in [7, 11) is 1.61. The molecule has 5 nitrogen and oxygen atoms in total. The molecule has 5 heteroatoms. The quantitative estimate of drug-likeness (QED) is 0.872. The highest BCUT2D eigenvalue weighted by Crippen LogP contribution is 2.30. The summed E-state index contributed by atoms with van der Waals surface area (Å²) in [4.78, 5) is 15.6. The number of hydrogen-bond acceptors (Lipinski definition) is 4. The van der Waals surface area contributed by atoms with Gasteiger partial charge < -0.3 is 14.8 Å². The maximum atomic E-state index is 13.4. The maximum Gasteiger partial charge on any atom is 0.246 e. The van der Waals surface area contributed by atoms with Gasteiger partial charge in [0.2, 0.25) is 5.91 Å². The fourth-order valence-corrected chi connectivity index (χ4v) is 3.71. The lowest BCUT2D eigenvalue weighted by Gasteiger charge is -2.39. The number of morpholine rings is 1. The van der Waals surface area contributed by atoms with E-state index in [4.69, 9.17) is 9.47 Å². The van der Waals surface area contributed by atoms with Crippen LogP contribution in [0.5, 0.6) is 5.75 Å². The second-order valence-corrected chi connectivity index (χ2v) is 7.22. The molecule has 1 saturated heterocycles. The van der Waals surface area contributed by atoms with Crippen molar-refractivity contribution in [2.24, 2.45) is 0 Å². The Labute approximate surface area is 161 Å². The number of hydrogen-bond donors (Lipinski definition) is 1. The molecular formula is C22H28N2O3. The third kappa shape index (κ3) is 4.67. The Morgan fingerprint density at radius 1 is 1.15 bits per heavy atom. The number of methoxy groups -OCH3 is 1. The first-order valence-electron chi connectivity index (χ1n) is 9.38. The number of nitrogens with one attached hydrogen (secondary N) is 1. The average Bonchev–Trinajstić information content (AvgIpc) is 2.62. The first-order chi connectivity index (χ1) is 13.0. The van der Waals surface area contributed by atoms with Crippen molar-refractivity contribution in [2.75, 3.05) is 25.5 Å². The predicted molar refractivity (Wildman–Crippen MR) is 107 cm³/mol. The molecule has 0 saturated carbocycles. The van der Waals surface area contributed by atoms with Gasteiger partial charge in [-0.3, -0.25) is 9.69 Å². The van der Waals surface area contributed by atoms with E-state index < -0.39 is 0 Å². The molecule has 2 aromatic rings. The van der Waals surface area contributed by atoms with Crippen molar-refractivity contribution in [3.8, 4) is 5.75 Å². The Balaban J connectivity index is 1.91. The van der Waals surface area contributed by atoms with Crippen LogP contribution in [0.3, 0.4) is 0 Å². The highest BCUT2D eigenvalue weighted by molar-refractivity contribution is 5.96. The molecule has 0 aromatic heterocycles. The largest absolute Gasteiger partial charge is 0.495 e. The van der Waals surface area contributed by atoms with E-state index in [1.54, 1.807) is 7.11 Å². The zero-order valence-corrected chi connectivity index (χ0v) is 16.4. The molecule has 3 atom stereocenters. The summed E-state index contributed by atoms with van der Waals surface area (Å²) in [6.07, 6.45) is 0.169. The van der Waals surface area contributed by atoms with Crippen molar-refractivity contribution in [2.45, 2.75) is 39.0 Å². The van der Waals surface area contributed by atoms with Crippen LogP contribution in [0.1, 0.15) is 31.0 Å². The molecule has 3 rings (SSSR count). The van der Waals surface area contributed by atoms with Gasteiger partial charge in [0.25, 0.3) is 0 Å². The predicted octanol–water partition coefficient (Wildman–Crippen LogP) is 3.79. The summed E-state index contributed by atoms with van der Waals surface area (Å²) in [6, 6.07) is 15.3. The van der Waals surface area contributed by atoms with Crippen LogP contribution in [0, 0.1) is 6.92 Å². The molecule has 144 valence electrons. The SMILES string of the molecule is COc1ccc(C)cc1NC(=O)[C@H](c1ccccc1)N1C[C@H](C)O[C@@H](C)C1. The van der Waals surface area contributed by atoms with Crippen LogP contribution in [-0.2, 0) is 9.53 Å². The summed E-state index contributed by atoms with van der Waals surface area (Å²) in [5.74, 6) is 0.593.